The van der Waals surface area contributed by atoms with E-state index in [0.717, 1.165) is 6.54 Å². The third-order valence-electron chi connectivity index (χ3n) is 1.54. The van der Waals surface area contributed by atoms with Crippen molar-refractivity contribution in [2.75, 3.05) is 6.54 Å². The summed E-state index contributed by atoms with van der Waals surface area (Å²) in [4.78, 5) is 0. The molecular weight excluding hydrogens is 162 g/mol. The molecule has 1 N–H and O–H groups in total. The maximum Gasteiger partial charge on any atom is 0.0480 e. The molecule has 12 heavy (non-hydrogen) atoms. The zero-order chi connectivity index (χ0) is 9.61. The Bertz CT molecular complexity index is 133. The van der Waals surface area contributed by atoms with Gasteiger partial charge in [0.15, 0.2) is 0 Å². The van der Waals surface area contributed by atoms with Crippen LogP contribution in [0, 0.1) is 0 Å². The maximum atomic E-state index is 3.36. The van der Waals surface area contributed by atoms with Crippen LogP contribution in [0.1, 0.15) is 13.8 Å². The fourth-order valence-corrected chi connectivity index (χ4v) is 1.70. The lowest BCUT2D eigenvalue weighted by atomic mass is 10.4. The normalized spacial score (nSPS) is 13.2. The van der Waals surface area contributed by atoms with E-state index in [1.807, 2.05) is 0 Å². The average molecular weight is 185 g/mol. The van der Waals surface area contributed by atoms with Gasteiger partial charge in [0.25, 0.3) is 0 Å². The molecule has 0 saturated carbocycles. The third-order valence-corrected chi connectivity index (χ3v) is 3.00. The van der Waals surface area contributed by atoms with Gasteiger partial charge in [-0.15, -0.1) is 0 Å². The number of nitrogens with one attached hydrogen (secondary N) is 1. The van der Waals surface area contributed by atoms with Crippen molar-refractivity contribution in [1.29, 1.82) is 0 Å². The van der Waals surface area contributed by atoms with Gasteiger partial charge in [-0.25, -0.2) is 0 Å². The van der Waals surface area contributed by atoms with Crippen molar-refractivity contribution in [2.24, 2.45) is 0 Å². The minimum Gasteiger partial charge on any atom is -0.311 e. The van der Waals surface area contributed by atoms with Crippen molar-refractivity contribution in [1.82, 2.24) is 5.32 Å². The first-order valence-electron chi connectivity index (χ1n) is 4.80. The molecule has 0 aromatic carbocycles. The summed E-state index contributed by atoms with van der Waals surface area (Å²) in [5.41, 5.74) is 0. The molecule has 0 amide bonds. The quantitative estimate of drug-likeness (QED) is 0.513. The van der Waals surface area contributed by atoms with Crippen LogP contribution < -0.4 is 5.32 Å². The van der Waals surface area contributed by atoms with Gasteiger partial charge in [-0.3, -0.25) is 0 Å². The molecule has 2 heteroatoms. The van der Waals surface area contributed by atoms with Crippen molar-refractivity contribution in [3.63, 3.8) is 0 Å². The van der Waals surface area contributed by atoms with Gasteiger partial charge in [-0.05, 0) is 6.04 Å². The second-order valence-corrected chi connectivity index (χ2v) is 10.3. The molecule has 0 spiro atoms. The molecule has 0 aliphatic carbocycles. The van der Waals surface area contributed by atoms with Gasteiger partial charge < -0.3 is 5.32 Å². The smallest absolute Gasteiger partial charge is 0.0480 e. The second-order valence-electron chi connectivity index (χ2n) is 4.80. The van der Waals surface area contributed by atoms with E-state index in [-0.39, 0.29) is 0 Å². The zero-order valence-corrected chi connectivity index (χ0v) is 10.1. The first-order valence-corrected chi connectivity index (χ1v) is 8.51. The summed E-state index contributed by atoms with van der Waals surface area (Å²) >= 11 is 0. The van der Waals surface area contributed by atoms with E-state index in [9.17, 15) is 0 Å². The molecule has 0 radical (unpaired) electrons. The summed E-state index contributed by atoms with van der Waals surface area (Å²) in [7, 11) is -0.849. The topological polar surface area (TPSA) is 12.0 Å². The average Bonchev–Trinajstić information content (AvgIpc) is 1.83. The molecule has 0 bridgehead atoms. The standard InChI is InChI=1S/C10H23NSi/c1-10(2)11-8-6-7-9-12(3,4)5/h6-7,10-11H,8-9H2,1-5H3/b7-6+. The maximum absolute atomic E-state index is 3.36. The van der Waals surface area contributed by atoms with Gasteiger partial charge in [0, 0.05) is 20.7 Å². The van der Waals surface area contributed by atoms with Crippen molar-refractivity contribution in [2.45, 2.75) is 45.6 Å². The highest BCUT2D eigenvalue weighted by atomic mass is 28.3. The van der Waals surface area contributed by atoms with Gasteiger partial charge in [0.1, 0.15) is 0 Å². The fraction of sp³-hybridized carbons (Fsp3) is 0.800. The first-order chi connectivity index (χ1) is 5.42. The number of hydrogen-bond acceptors (Lipinski definition) is 1. The van der Waals surface area contributed by atoms with Crippen LogP contribution in [0.15, 0.2) is 12.2 Å². The molecule has 72 valence electrons. The van der Waals surface area contributed by atoms with E-state index in [1.54, 1.807) is 0 Å². The van der Waals surface area contributed by atoms with Crippen molar-refractivity contribution < 1.29 is 0 Å². The van der Waals surface area contributed by atoms with Crippen molar-refractivity contribution >= 4 is 8.07 Å². The lowest BCUT2D eigenvalue weighted by Gasteiger charge is -2.11. The van der Waals surface area contributed by atoms with E-state index in [2.05, 4.69) is 51.0 Å². The van der Waals surface area contributed by atoms with Crippen LogP contribution in [-0.4, -0.2) is 20.7 Å². The van der Waals surface area contributed by atoms with Crippen LogP contribution in [0.4, 0.5) is 0 Å². The van der Waals surface area contributed by atoms with Gasteiger partial charge in [-0.2, -0.15) is 0 Å². The number of rotatable bonds is 5. The summed E-state index contributed by atoms with van der Waals surface area (Å²) < 4.78 is 0. The van der Waals surface area contributed by atoms with Crippen molar-refractivity contribution in [3.05, 3.63) is 12.2 Å². The number of hydrogen-bond donors (Lipinski definition) is 1. The summed E-state index contributed by atoms with van der Waals surface area (Å²) in [6.45, 7) is 12.6. The van der Waals surface area contributed by atoms with Crippen LogP contribution in [0.5, 0.6) is 0 Å². The van der Waals surface area contributed by atoms with E-state index in [0.29, 0.717) is 6.04 Å². The molecule has 0 aliphatic heterocycles. The zero-order valence-electron chi connectivity index (χ0n) is 9.15. The highest BCUT2D eigenvalue weighted by Gasteiger charge is 2.08. The molecule has 0 fully saturated rings. The largest absolute Gasteiger partial charge is 0.311 e. The Kier molecular flexibility index (Phi) is 5.50. The van der Waals surface area contributed by atoms with E-state index in [1.165, 1.54) is 6.04 Å². The lowest BCUT2D eigenvalue weighted by Crippen LogP contribution is -2.22. The Hall–Kier alpha value is -0.0831. The minimum absolute atomic E-state index is 0.599. The molecule has 1 nitrogen and oxygen atoms in total. The summed E-state index contributed by atoms with van der Waals surface area (Å²) in [6, 6.07) is 1.90. The van der Waals surface area contributed by atoms with Crippen LogP contribution in [0.2, 0.25) is 25.7 Å². The van der Waals surface area contributed by atoms with Crippen molar-refractivity contribution in [3.8, 4) is 0 Å². The summed E-state index contributed by atoms with van der Waals surface area (Å²) in [5, 5.41) is 3.36. The molecule has 0 aromatic heterocycles. The molecule has 0 rings (SSSR count). The molecule has 0 atom stereocenters. The Morgan fingerprint density at radius 2 is 1.75 bits per heavy atom. The molecular formula is C10H23NSi. The van der Waals surface area contributed by atoms with Gasteiger partial charge in [0.2, 0.25) is 0 Å². The Balaban J connectivity index is 3.38. The van der Waals surface area contributed by atoms with Crippen LogP contribution >= 0.6 is 0 Å². The Morgan fingerprint density at radius 1 is 1.17 bits per heavy atom. The van der Waals surface area contributed by atoms with Gasteiger partial charge in [0.05, 0.1) is 0 Å². The molecule has 0 heterocycles. The van der Waals surface area contributed by atoms with E-state index in [4.69, 9.17) is 0 Å². The monoisotopic (exact) mass is 185 g/mol. The Labute approximate surface area is 78.3 Å². The minimum atomic E-state index is -0.849. The molecule has 0 aliphatic rings. The summed E-state index contributed by atoms with van der Waals surface area (Å²) in [6.07, 6.45) is 4.57. The van der Waals surface area contributed by atoms with E-state index < -0.39 is 8.07 Å². The highest BCUT2D eigenvalue weighted by molar-refractivity contribution is 6.76. The van der Waals surface area contributed by atoms with Crippen LogP contribution in [-0.2, 0) is 0 Å². The van der Waals surface area contributed by atoms with E-state index >= 15 is 0 Å². The predicted octanol–water partition coefficient (Wildman–Crippen LogP) is 2.88. The molecule has 0 aromatic rings. The number of allylic oxidation sites excluding steroid dienone is 1. The first kappa shape index (κ1) is 11.9. The van der Waals surface area contributed by atoms with Gasteiger partial charge >= 0.3 is 0 Å². The lowest BCUT2D eigenvalue weighted by molar-refractivity contribution is 0.632. The molecule has 0 saturated heterocycles. The third kappa shape index (κ3) is 9.92. The van der Waals surface area contributed by atoms with Crippen LogP contribution in [0.25, 0.3) is 0 Å². The van der Waals surface area contributed by atoms with Gasteiger partial charge in [-0.1, -0.05) is 45.6 Å². The fourth-order valence-electron chi connectivity index (χ4n) is 0.824. The predicted molar refractivity (Wildman–Crippen MR) is 60.4 cm³/mol. The highest BCUT2D eigenvalue weighted by Crippen LogP contribution is 2.07. The Morgan fingerprint density at radius 3 is 2.17 bits per heavy atom. The van der Waals surface area contributed by atoms with Crippen LogP contribution in [0.3, 0.4) is 0 Å². The SMILES string of the molecule is CC(C)NC/C=C/C[Si](C)(C)C. The summed E-state index contributed by atoms with van der Waals surface area (Å²) in [5.74, 6) is 0. The second kappa shape index (κ2) is 5.54. The molecule has 0 unspecified atom stereocenters.